The number of hydrogen-bond donors (Lipinski definition) is 2. The van der Waals surface area contributed by atoms with E-state index in [2.05, 4.69) is 20.3 Å². The molecule has 0 saturated heterocycles. The Hall–Kier alpha value is -2.43. The molecule has 2 aromatic carbocycles. The van der Waals surface area contributed by atoms with E-state index in [0.29, 0.717) is 21.1 Å². The first-order valence-corrected chi connectivity index (χ1v) is 12.2. The molecule has 2 N–H and O–H groups in total. The van der Waals surface area contributed by atoms with Crippen LogP contribution in [0.3, 0.4) is 0 Å². The summed E-state index contributed by atoms with van der Waals surface area (Å²) in [7, 11) is -3.28. The molecule has 0 fully saturated rings. The topological polar surface area (TPSA) is 105 Å². The van der Waals surface area contributed by atoms with Crippen LogP contribution in [0, 0.1) is 0 Å². The van der Waals surface area contributed by atoms with Crippen molar-refractivity contribution in [3.05, 3.63) is 48.3 Å². The van der Waals surface area contributed by atoms with Gasteiger partial charge in [-0.05, 0) is 30.3 Å². The number of carbonyl (C=O) groups excluding carboxylic acids is 1. The van der Waals surface area contributed by atoms with E-state index >= 15 is 0 Å². The lowest BCUT2D eigenvalue weighted by molar-refractivity contribution is -0.113. The van der Waals surface area contributed by atoms with Crippen molar-refractivity contribution in [3.63, 3.8) is 0 Å². The Labute approximate surface area is 169 Å². The number of carbonyl (C=O) groups is 1. The summed E-state index contributed by atoms with van der Waals surface area (Å²) in [5, 5.41) is 3.22. The third-order valence-electron chi connectivity index (χ3n) is 3.94. The van der Waals surface area contributed by atoms with Crippen LogP contribution in [0.5, 0.6) is 0 Å². The number of amides is 1. The van der Waals surface area contributed by atoms with E-state index < -0.39 is 9.84 Å². The summed E-state index contributed by atoms with van der Waals surface area (Å²) in [6.45, 7) is 0. The summed E-state index contributed by atoms with van der Waals surface area (Å²) in [5.74, 6) is 1.53. The Morgan fingerprint density at radius 2 is 2.00 bits per heavy atom. The van der Waals surface area contributed by atoms with Gasteiger partial charge in [0.1, 0.15) is 5.82 Å². The van der Waals surface area contributed by atoms with Crippen molar-refractivity contribution in [1.29, 1.82) is 0 Å². The molecule has 7 nitrogen and oxygen atoms in total. The number of nitrogens with one attached hydrogen (secondary N) is 2. The number of aromatic nitrogens is 3. The molecule has 4 aromatic rings. The van der Waals surface area contributed by atoms with Crippen LogP contribution in [0.15, 0.2) is 47.4 Å². The van der Waals surface area contributed by atoms with Gasteiger partial charge in [-0.1, -0.05) is 23.5 Å². The number of imidazole rings is 1. The Bertz CT molecular complexity index is 1240. The number of aromatic amines is 1. The number of fused-ring (bicyclic) bond motifs is 2. The second-order valence-electron chi connectivity index (χ2n) is 6.16. The summed E-state index contributed by atoms with van der Waals surface area (Å²) in [5.41, 5.74) is 2.54. The minimum absolute atomic E-state index is 0.163. The Morgan fingerprint density at radius 1 is 1.18 bits per heavy atom. The first kappa shape index (κ1) is 18.9. The van der Waals surface area contributed by atoms with Crippen LogP contribution >= 0.6 is 23.1 Å². The summed E-state index contributed by atoms with van der Waals surface area (Å²) in [6, 6.07) is 12.5. The molecular formula is C18H16N4O3S3. The molecule has 0 aliphatic rings. The molecular weight excluding hydrogens is 416 g/mol. The molecule has 2 aromatic heterocycles. The van der Waals surface area contributed by atoms with Crippen molar-refractivity contribution < 1.29 is 13.2 Å². The van der Waals surface area contributed by atoms with Gasteiger partial charge in [0.05, 0.1) is 37.7 Å². The molecule has 0 radical (unpaired) electrons. The molecule has 1 amide bonds. The normalized spacial score (nSPS) is 11.9. The van der Waals surface area contributed by atoms with Crippen LogP contribution in [0.25, 0.3) is 21.3 Å². The largest absolute Gasteiger partial charge is 0.341 e. The first-order valence-electron chi connectivity index (χ1n) is 8.30. The monoisotopic (exact) mass is 432 g/mol. The second-order valence-corrected chi connectivity index (χ2v) is 10.2. The van der Waals surface area contributed by atoms with Crippen LogP contribution < -0.4 is 5.32 Å². The quantitative estimate of drug-likeness (QED) is 0.484. The fourth-order valence-corrected chi connectivity index (χ4v) is 4.99. The highest BCUT2D eigenvalue weighted by Gasteiger charge is 2.12. The predicted molar refractivity (Wildman–Crippen MR) is 114 cm³/mol. The maximum atomic E-state index is 12.2. The molecule has 0 atom stereocenters. The van der Waals surface area contributed by atoms with E-state index in [-0.39, 0.29) is 16.6 Å². The van der Waals surface area contributed by atoms with Gasteiger partial charge in [-0.2, -0.15) is 0 Å². The van der Waals surface area contributed by atoms with Gasteiger partial charge in [-0.15, -0.1) is 11.8 Å². The highest BCUT2D eigenvalue weighted by Crippen LogP contribution is 2.28. The van der Waals surface area contributed by atoms with Crippen LogP contribution in [0.1, 0.15) is 5.82 Å². The van der Waals surface area contributed by atoms with Gasteiger partial charge in [0.25, 0.3) is 0 Å². The van der Waals surface area contributed by atoms with E-state index in [1.54, 1.807) is 12.1 Å². The van der Waals surface area contributed by atoms with Gasteiger partial charge in [-0.25, -0.2) is 18.4 Å². The SMILES string of the molecule is CS(=O)(=O)c1ccc2nc(NC(=O)CSCc3nc4ccccc4[nH]3)sc2c1. The average Bonchev–Trinajstić information content (AvgIpc) is 3.22. The molecule has 0 bridgehead atoms. The number of para-hydroxylation sites is 2. The van der Waals surface area contributed by atoms with Crippen LogP contribution in [-0.2, 0) is 20.4 Å². The smallest absolute Gasteiger partial charge is 0.236 e. The third kappa shape index (κ3) is 4.18. The number of H-pyrrole nitrogens is 1. The molecule has 10 heteroatoms. The van der Waals surface area contributed by atoms with E-state index in [4.69, 9.17) is 0 Å². The standard InChI is InChI=1S/C18H16N4O3S3/c1-28(24,25)11-6-7-14-15(8-11)27-18(21-14)22-17(23)10-26-9-16-19-12-4-2-3-5-13(12)20-16/h2-8H,9-10H2,1H3,(H,19,20)(H,21,22,23). The first-order chi connectivity index (χ1) is 13.4. The number of hydrogen-bond acceptors (Lipinski definition) is 7. The van der Waals surface area contributed by atoms with Gasteiger partial charge in [0.15, 0.2) is 15.0 Å². The highest BCUT2D eigenvalue weighted by atomic mass is 32.2. The average molecular weight is 433 g/mol. The zero-order chi connectivity index (χ0) is 19.7. The molecule has 0 aliphatic carbocycles. The van der Waals surface area contributed by atoms with E-state index in [1.807, 2.05) is 24.3 Å². The van der Waals surface area contributed by atoms with E-state index in [1.165, 1.54) is 29.2 Å². The van der Waals surface area contributed by atoms with Crippen molar-refractivity contribution >= 4 is 65.2 Å². The lowest BCUT2D eigenvalue weighted by Crippen LogP contribution is -2.13. The van der Waals surface area contributed by atoms with Crippen molar-refractivity contribution in [3.8, 4) is 0 Å². The highest BCUT2D eigenvalue weighted by molar-refractivity contribution is 7.99. The fraction of sp³-hybridized carbons (Fsp3) is 0.167. The zero-order valence-electron chi connectivity index (χ0n) is 14.8. The Kier molecular flexibility index (Phi) is 5.09. The molecule has 0 saturated carbocycles. The number of rotatable bonds is 6. The summed E-state index contributed by atoms with van der Waals surface area (Å²) in [4.78, 5) is 24.5. The van der Waals surface area contributed by atoms with Gasteiger partial charge < -0.3 is 10.3 Å². The van der Waals surface area contributed by atoms with Gasteiger partial charge >= 0.3 is 0 Å². The number of nitrogens with zero attached hydrogens (tertiary/aromatic N) is 2. The lowest BCUT2D eigenvalue weighted by Gasteiger charge is -2.00. The van der Waals surface area contributed by atoms with E-state index in [0.717, 1.165) is 23.1 Å². The minimum atomic E-state index is -3.28. The third-order valence-corrected chi connectivity index (χ3v) is 6.93. The Morgan fingerprint density at radius 3 is 2.79 bits per heavy atom. The van der Waals surface area contributed by atoms with E-state index in [9.17, 15) is 13.2 Å². The molecule has 0 unspecified atom stereocenters. The predicted octanol–water partition coefficient (Wildman–Crippen LogP) is 3.45. The molecule has 0 spiro atoms. The molecule has 28 heavy (non-hydrogen) atoms. The molecule has 144 valence electrons. The number of benzene rings is 2. The van der Waals surface area contributed by atoms with Crippen LogP contribution in [-0.4, -0.2) is 41.3 Å². The summed E-state index contributed by atoms with van der Waals surface area (Å²) >= 11 is 2.71. The Balaban J connectivity index is 1.36. The summed E-state index contributed by atoms with van der Waals surface area (Å²) < 4.78 is 24.0. The summed E-state index contributed by atoms with van der Waals surface area (Å²) in [6.07, 6.45) is 1.16. The van der Waals surface area contributed by atoms with Crippen molar-refractivity contribution in [2.24, 2.45) is 0 Å². The molecule has 2 heterocycles. The molecule has 0 aliphatic heterocycles. The second kappa shape index (κ2) is 7.53. The van der Waals surface area contributed by atoms with Crippen LogP contribution in [0.4, 0.5) is 5.13 Å². The number of thiazole rings is 1. The maximum Gasteiger partial charge on any atom is 0.236 e. The zero-order valence-corrected chi connectivity index (χ0v) is 17.2. The maximum absolute atomic E-state index is 12.2. The van der Waals surface area contributed by atoms with Gasteiger partial charge in [0, 0.05) is 6.26 Å². The van der Waals surface area contributed by atoms with Gasteiger partial charge in [-0.3, -0.25) is 4.79 Å². The van der Waals surface area contributed by atoms with Crippen molar-refractivity contribution in [2.75, 3.05) is 17.3 Å². The fourth-order valence-electron chi connectivity index (χ4n) is 2.66. The van der Waals surface area contributed by atoms with Gasteiger partial charge in [0.2, 0.25) is 5.91 Å². The van der Waals surface area contributed by atoms with Crippen LogP contribution in [0.2, 0.25) is 0 Å². The number of sulfone groups is 1. The number of thioether (sulfide) groups is 1. The lowest BCUT2D eigenvalue weighted by atomic mass is 10.3. The van der Waals surface area contributed by atoms with Crippen molar-refractivity contribution in [2.45, 2.75) is 10.6 Å². The molecule has 4 rings (SSSR count). The van der Waals surface area contributed by atoms with Crippen molar-refractivity contribution in [1.82, 2.24) is 15.0 Å². The number of anilines is 1. The minimum Gasteiger partial charge on any atom is -0.341 e.